The molecule has 0 bridgehead atoms. The minimum atomic E-state index is 0.712. The molecule has 2 nitrogen and oxygen atoms in total. The minimum absolute atomic E-state index is 0.712. The van der Waals surface area contributed by atoms with E-state index in [2.05, 4.69) is 37.5 Å². The van der Waals surface area contributed by atoms with E-state index in [1.807, 2.05) is 0 Å². The topological polar surface area (TPSA) is 6.48 Å². The quantitative estimate of drug-likeness (QED) is 0.698. The molecular formula is C18H36N2. The molecule has 0 saturated carbocycles. The van der Waals surface area contributed by atoms with Gasteiger partial charge in [0.1, 0.15) is 0 Å². The molecule has 0 radical (unpaired) electrons. The normalized spacial score (nSPS) is 25.1. The van der Waals surface area contributed by atoms with Crippen LogP contribution in [-0.4, -0.2) is 49.1 Å². The number of piperidine rings is 1. The Kier molecular flexibility index (Phi) is 5.92. The second kappa shape index (κ2) is 7.26. The van der Waals surface area contributed by atoms with Gasteiger partial charge in [0.15, 0.2) is 0 Å². The summed E-state index contributed by atoms with van der Waals surface area (Å²) in [6.45, 7) is 17.5. The number of hydrogen-bond acceptors (Lipinski definition) is 2. The highest BCUT2D eigenvalue weighted by Gasteiger charge is 2.44. The fraction of sp³-hybridized carbons (Fsp3) is 1.00. The summed E-state index contributed by atoms with van der Waals surface area (Å²) in [6, 6.07) is 0. The van der Waals surface area contributed by atoms with Crippen molar-refractivity contribution in [1.29, 1.82) is 0 Å². The van der Waals surface area contributed by atoms with Gasteiger partial charge in [-0.05, 0) is 62.6 Å². The fourth-order valence-corrected chi connectivity index (χ4v) is 3.97. The van der Waals surface area contributed by atoms with Gasteiger partial charge < -0.3 is 9.80 Å². The lowest BCUT2D eigenvalue weighted by molar-refractivity contribution is -0.0485. The van der Waals surface area contributed by atoms with Crippen LogP contribution in [0.5, 0.6) is 0 Å². The second-order valence-corrected chi connectivity index (χ2v) is 8.06. The van der Waals surface area contributed by atoms with E-state index in [9.17, 15) is 0 Å². The number of likely N-dealkylation sites (tertiary alicyclic amines) is 2. The van der Waals surface area contributed by atoms with Crippen molar-refractivity contribution in [3.8, 4) is 0 Å². The van der Waals surface area contributed by atoms with Crippen LogP contribution in [0.4, 0.5) is 0 Å². The van der Waals surface area contributed by atoms with Crippen molar-refractivity contribution in [2.24, 2.45) is 17.3 Å². The van der Waals surface area contributed by atoms with Crippen molar-refractivity contribution in [2.45, 2.75) is 59.8 Å². The standard InChI is InChI=1S/C18H36N2/c1-5-17(4)7-6-10-20-14-18(15-20)8-11-19(12-9-18)13-16(2)3/h16-17H,5-15H2,1-4H3. The molecule has 0 aromatic carbocycles. The lowest BCUT2D eigenvalue weighted by Crippen LogP contribution is -2.60. The summed E-state index contributed by atoms with van der Waals surface area (Å²) < 4.78 is 0. The largest absolute Gasteiger partial charge is 0.303 e. The highest BCUT2D eigenvalue weighted by atomic mass is 15.2. The molecule has 1 spiro atoms. The van der Waals surface area contributed by atoms with Crippen LogP contribution in [0, 0.1) is 17.3 Å². The van der Waals surface area contributed by atoms with Gasteiger partial charge in [0.25, 0.3) is 0 Å². The molecule has 2 fully saturated rings. The Morgan fingerprint density at radius 2 is 1.65 bits per heavy atom. The van der Waals surface area contributed by atoms with Gasteiger partial charge in [-0.15, -0.1) is 0 Å². The Morgan fingerprint density at radius 3 is 2.20 bits per heavy atom. The summed E-state index contributed by atoms with van der Waals surface area (Å²) in [7, 11) is 0. The van der Waals surface area contributed by atoms with Crippen LogP contribution in [0.15, 0.2) is 0 Å². The third-order valence-electron chi connectivity index (χ3n) is 5.53. The molecule has 2 heteroatoms. The number of rotatable bonds is 7. The summed E-state index contributed by atoms with van der Waals surface area (Å²) in [5.74, 6) is 1.74. The molecular weight excluding hydrogens is 244 g/mol. The first kappa shape index (κ1) is 16.3. The Bertz CT molecular complexity index is 271. The molecule has 20 heavy (non-hydrogen) atoms. The zero-order valence-corrected chi connectivity index (χ0v) is 14.3. The third kappa shape index (κ3) is 4.46. The maximum absolute atomic E-state index is 2.71. The van der Waals surface area contributed by atoms with E-state index in [1.54, 1.807) is 0 Å². The van der Waals surface area contributed by atoms with Gasteiger partial charge in [0, 0.05) is 19.6 Å². The molecule has 0 aromatic heterocycles. The fourth-order valence-electron chi connectivity index (χ4n) is 3.97. The van der Waals surface area contributed by atoms with Crippen molar-refractivity contribution in [1.82, 2.24) is 9.80 Å². The van der Waals surface area contributed by atoms with Crippen molar-refractivity contribution in [2.75, 3.05) is 39.3 Å². The first-order valence-corrected chi connectivity index (χ1v) is 8.98. The molecule has 2 rings (SSSR count). The van der Waals surface area contributed by atoms with E-state index in [-0.39, 0.29) is 0 Å². The second-order valence-electron chi connectivity index (χ2n) is 8.06. The van der Waals surface area contributed by atoms with Crippen molar-refractivity contribution < 1.29 is 0 Å². The molecule has 2 aliphatic rings. The minimum Gasteiger partial charge on any atom is -0.303 e. The van der Waals surface area contributed by atoms with Crippen LogP contribution in [0.25, 0.3) is 0 Å². The Morgan fingerprint density at radius 1 is 1.00 bits per heavy atom. The highest BCUT2D eigenvalue weighted by molar-refractivity contribution is 4.98. The monoisotopic (exact) mass is 280 g/mol. The van der Waals surface area contributed by atoms with Crippen molar-refractivity contribution >= 4 is 0 Å². The predicted molar refractivity (Wildman–Crippen MR) is 88.1 cm³/mol. The van der Waals surface area contributed by atoms with E-state index < -0.39 is 0 Å². The summed E-state index contributed by atoms with van der Waals surface area (Å²) >= 11 is 0. The summed E-state index contributed by atoms with van der Waals surface area (Å²) in [5, 5.41) is 0. The Hall–Kier alpha value is -0.0800. The van der Waals surface area contributed by atoms with Gasteiger partial charge in [0.05, 0.1) is 0 Å². The molecule has 0 aliphatic carbocycles. The lowest BCUT2D eigenvalue weighted by Gasteiger charge is -2.54. The molecule has 0 N–H and O–H groups in total. The molecule has 0 amide bonds. The molecule has 2 aliphatic heterocycles. The van der Waals surface area contributed by atoms with E-state index in [0.29, 0.717) is 5.41 Å². The molecule has 118 valence electrons. The summed E-state index contributed by atoms with van der Waals surface area (Å²) in [5.41, 5.74) is 0.712. The van der Waals surface area contributed by atoms with Crippen LogP contribution in [-0.2, 0) is 0 Å². The van der Waals surface area contributed by atoms with E-state index in [0.717, 1.165) is 11.8 Å². The number of hydrogen-bond donors (Lipinski definition) is 0. The van der Waals surface area contributed by atoms with Gasteiger partial charge in [-0.3, -0.25) is 0 Å². The van der Waals surface area contributed by atoms with E-state index in [4.69, 9.17) is 0 Å². The van der Waals surface area contributed by atoms with Crippen LogP contribution in [0.3, 0.4) is 0 Å². The first-order chi connectivity index (χ1) is 9.53. The first-order valence-electron chi connectivity index (χ1n) is 8.98. The zero-order chi connectivity index (χ0) is 14.6. The van der Waals surface area contributed by atoms with E-state index >= 15 is 0 Å². The van der Waals surface area contributed by atoms with Crippen molar-refractivity contribution in [3.05, 3.63) is 0 Å². The van der Waals surface area contributed by atoms with Crippen LogP contribution in [0.1, 0.15) is 59.8 Å². The zero-order valence-electron chi connectivity index (χ0n) is 14.3. The van der Waals surface area contributed by atoms with E-state index in [1.165, 1.54) is 71.4 Å². The maximum atomic E-state index is 2.71. The Balaban J connectivity index is 1.59. The van der Waals surface area contributed by atoms with Gasteiger partial charge in [-0.2, -0.15) is 0 Å². The lowest BCUT2D eigenvalue weighted by atomic mass is 9.72. The predicted octanol–water partition coefficient (Wildman–Crippen LogP) is 3.87. The average molecular weight is 281 g/mol. The van der Waals surface area contributed by atoms with Crippen molar-refractivity contribution in [3.63, 3.8) is 0 Å². The SMILES string of the molecule is CCC(C)CCCN1CC2(CCN(CC(C)C)CC2)C1. The van der Waals surface area contributed by atoms with Gasteiger partial charge in [-0.1, -0.05) is 34.1 Å². The summed E-state index contributed by atoms with van der Waals surface area (Å²) in [6.07, 6.45) is 7.06. The third-order valence-corrected chi connectivity index (χ3v) is 5.53. The molecule has 2 heterocycles. The number of nitrogens with zero attached hydrogens (tertiary/aromatic N) is 2. The molecule has 2 saturated heterocycles. The van der Waals surface area contributed by atoms with Crippen LogP contribution in [0.2, 0.25) is 0 Å². The average Bonchev–Trinajstić information content (AvgIpc) is 2.38. The van der Waals surface area contributed by atoms with Gasteiger partial charge in [-0.25, -0.2) is 0 Å². The molecule has 1 atom stereocenters. The Labute approximate surface area is 126 Å². The van der Waals surface area contributed by atoms with Gasteiger partial charge in [0.2, 0.25) is 0 Å². The van der Waals surface area contributed by atoms with Gasteiger partial charge >= 0.3 is 0 Å². The van der Waals surface area contributed by atoms with Crippen LogP contribution < -0.4 is 0 Å². The maximum Gasteiger partial charge on any atom is 0.00514 e. The molecule has 0 aromatic rings. The summed E-state index contributed by atoms with van der Waals surface area (Å²) in [4.78, 5) is 5.39. The smallest absolute Gasteiger partial charge is 0.00514 e. The molecule has 1 unspecified atom stereocenters. The highest BCUT2D eigenvalue weighted by Crippen LogP contribution is 2.40. The van der Waals surface area contributed by atoms with Crippen LogP contribution >= 0.6 is 0 Å².